The first-order chi connectivity index (χ1) is 13.5. The SMILES string of the molecule is CC1=C(C(=O)OC(C)C)[C@@H](c2cccs2)C2=C(C[C@H](c3cccs3)CC2=O)N1. The lowest BCUT2D eigenvalue weighted by atomic mass is 9.74. The lowest BCUT2D eigenvalue weighted by molar-refractivity contribution is -0.143. The van der Waals surface area contributed by atoms with Crippen LogP contribution in [-0.2, 0) is 14.3 Å². The summed E-state index contributed by atoms with van der Waals surface area (Å²) in [6.07, 6.45) is 1.05. The van der Waals surface area contributed by atoms with E-state index in [4.69, 9.17) is 4.74 Å². The van der Waals surface area contributed by atoms with Gasteiger partial charge in [0.05, 0.1) is 17.6 Å². The Hall–Kier alpha value is -2.18. The molecule has 146 valence electrons. The van der Waals surface area contributed by atoms with E-state index in [-0.39, 0.29) is 29.7 Å². The molecule has 0 unspecified atom stereocenters. The van der Waals surface area contributed by atoms with E-state index in [9.17, 15) is 9.59 Å². The molecule has 1 aliphatic heterocycles. The van der Waals surface area contributed by atoms with E-state index in [0.717, 1.165) is 28.3 Å². The van der Waals surface area contributed by atoms with Crippen molar-refractivity contribution in [2.75, 3.05) is 0 Å². The van der Waals surface area contributed by atoms with Crippen LogP contribution in [0.25, 0.3) is 0 Å². The zero-order valence-electron chi connectivity index (χ0n) is 16.2. The summed E-state index contributed by atoms with van der Waals surface area (Å²) in [5.74, 6) is -0.384. The number of esters is 1. The van der Waals surface area contributed by atoms with Crippen LogP contribution in [-0.4, -0.2) is 17.9 Å². The Kier molecular flexibility index (Phi) is 5.25. The zero-order chi connectivity index (χ0) is 19.8. The Morgan fingerprint density at radius 2 is 1.82 bits per heavy atom. The highest BCUT2D eigenvalue weighted by Crippen LogP contribution is 2.47. The number of allylic oxidation sites excluding steroid dienone is 3. The highest BCUT2D eigenvalue weighted by molar-refractivity contribution is 7.10. The van der Waals surface area contributed by atoms with Gasteiger partial charge in [-0.25, -0.2) is 4.79 Å². The summed E-state index contributed by atoms with van der Waals surface area (Å²) in [7, 11) is 0. The molecule has 0 saturated carbocycles. The molecule has 4 rings (SSSR count). The molecule has 6 heteroatoms. The molecule has 0 fully saturated rings. The first-order valence-corrected chi connectivity index (χ1v) is 11.2. The molecule has 0 bridgehead atoms. The van der Waals surface area contributed by atoms with Crippen LogP contribution in [0.3, 0.4) is 0 Å². The van der Waals surface area contributed by atoms with E-state index in [1.165, 1.54) is 4.88 Å². The first kappa shape index (κ1) is 19.2. The molecule has 0 saturated heterocycles. The third kappa shape index (κ3) is 3.47. The van der Waals surface area contributed by atoms with Crippen LogP contribution in [0.4, 0.5) is 0 Å². The van der Waals surface area contributed by atoms with Crippen LogP contribution in [0, 0.1) is 0 Å². The minimum absolute atomic E-state index is 0.118. The number of dihydropyridines is 1. The molecule has 0 amide bonds. The predicted molar refractivity (Wildman–Crippen MR) is 112 cm³/mol. The Morgan fingerprint density at radius 1 is 1.14 bits per heavy atom. The van der Waals surface area contributed by atoms with Crippen molar-refractivity contribution in [1.29, 1.82) is 0 Å². The van der Waals surface area contributed by atoms with Gasteiger partial charge in [-0.2, -0.15) is 0 Å². The Labute approximate surface area is 172 Å². The van der Waals surface area contributed by atoms with Crippen LogP contribution in [0.15, 0.2) is 57.6 Å². The molecule has 1 aliphatic carbocycles. The van der Waals surface area contributed by atoms with Gasteiger partial charge < -0.3 is 10.1 Å². The molecule has 2 aromatic heterocycles. The monoisotopic (exact) mass is 413 g/mol. The van der Waals surface area contributed by atoms with Crippen LogP contribution in [0.2, 0.25) is 0 Å². The topological polar surface area (TPSA) is 55.4 Å². The normalized spacial score (nSPS) is 22.4. The molecular formula is C22H23NO3S2. The fourth-order valence-corrected chi connectivity index (χ4v) is 5.73. The second-order valence-corrected chi connectivity index (χ2v) is 9.46. The smallest absolute Gasteiger partial charge is 0.337 e. The summed E-state index contributed by atoms with van der Waals surface area (Å²) in [6.45, 7) is 5.58. The van der Waals surface area contributed by atoms with E-state index >= 15 is 0 Å². The molecule has 4 nitrogen and oxygen atoms in total. The molecular weight excluding hydrogens is 390 g/mol. The Bertz CT molecular complexity index is 952. The quantitative estimate of drug-likeness (QED) is 0.707. The summed E-state index contributed by atoms with van der Waals surface area (Å²) >= 11 is 3.27. The number of ketones is 1. The molecule has 2 aromatic rings. The highest BCUT2D eigenvalue weighted by Gasteiger charge is 2.42. The third-order valence-corrected chi connectivity index (χ3v) is 7.14. The molecule has 3 heterocycles. The maximum atomic E-state index is 13.3. The highest BCUT2D eigenvalue weighted by atomic mass is 32.1. The van der Waals surface area contributed by atoms with Crippen molar-refractivity contribution in [3.05, 3.63) is 67.3 Å². The van der Waals surface area contributed by atoms with Gasteiger partial charge in [0.15, 0.2) is 5.78 Å². The van der Waals surface area contributed by atoms with E-state index in [0.29, 0.717) is 12.0 Å². The largest absolute Gasteiger partial charge is 0.460 e. The number of hydrogen-bond donors (Lipinski definition) is 1. The van der Waals surface area contributed by atoms with Crippen LogP contribution in [0.1, 0.15) is 55.2 Å². The van der Waals surface area contributed by atoms with Crippen LogP contribution in [0.5, 0.6) is 0 Å². The van der Waals surface area contributed by atoms with Crippen LogP contribution < -0.4 is 5.32 Å². The number of carbonyl (C=O) groups excluding carboxylic acids is 2. The second-order valence-electron chi connectivity index (χ2n) is 7.50. The first-order valence-electron chi connectivity index (χ1n) is 9.47. The van der Waals surface area contributed by atoms with Crippen molar-refractivity contribution in [3.63, 3.8) is 0 Å². The van der Waals surface area contributed by atoms with Crippen LogP contribution >= 0.6 is 22.7 Å². The van der Waals surface area contributed by atoms with Gasteiger partial charge in [0.25, 0.3) is 0 Å². The number of nitrogens with one attached hydrogen (secondary N) is 1. The lowest BCUT2D eigenvalue weighted by Crippen LogP contribution is -2.36. The van der Waals surface area contributed by atoms with Crippen molar-refractivity contribution in [2.24, 2.45) is 0 Å². The summed E-state index contributed by atoms with van der Waals surface area (Å²) in [5, 5.41) is 7.42. The number of Topliss-reactive ketones (excluding diaryl/α,β-unsaturated/α-hetero) is 1. The predicted octanol–water partition coefficient (Wildman–Crippen LogP) is 5.12. The third-order valence-electron chi connectivity index (χ3n) is 5.16. The molecule has 0 spiro atoms. The second kappa shape index (κ2) is 7.68. The van der Waals surface area contributed by atoms with E-state index in [1.54, 1.807) is 22.7 Å². The van der Waals surface area contributed by atoms with Crippen molar-refractivity contribution in [3.8, 4) is 0 Å². The van der Waals surface area contributed by atoms with Crippen molar-refractivity contribution in [2.45, 2.75) is 51.6 Å². The van der Waals surface area contributed by atoms with Gasteiger partial charge in [0.1, 0.15) is 0 Å². The standard InChI is InChI=1S/C22H23NO3S2/c1-12(2)26-22(25)19-13(3)23-15-10-14(17-6-4-8-27-17)11-16(24)20(15)21(19)18-7-5-9-28-18/h4-9,12,14,21,23H,10-11H2,1-3H3/t14-,21+/m0/s1. The average molecular weight is 414 g/mol. The molecule has 0 aromatic carbocycles. The Morgan fingerprint density at radius 3 is 2.43 bits per heavy atom. The summed E-state index contributed by atoms with van der Waals surface area (Å²) in [6, 6.07) is 8.09. The average Bonchev–Trinajstić information content (AvgIpc) is 3.33. The summed E-state index contributed by atoms with van der Waals surface area (Å²) < 4.78 is 5.52. The number of thiophene rings is 2. The Balaban J connectivity index is 1.77. The van der Waals surface area contributed by atoms with Gasteiger partial charge in [0.2, 0.25) is 0 Å². The molecule has 1 N–H and O–H groups in total. The summed E-state index contributed by atoms with van der Waals surface area (Å²) in [5.41, 5.74) is 3.02. The van der Waals surface area contributed by atoms with E-state index in [2.05, 4.69) is 16.8 Å². The fourth-order valence-electron chi connectivity index (χ4n) is 4.05. The summed E-state index contributed by atoms with van der Waals surface area (Å²) in [4.78, 5) is 28.4. The van der Waals surface area contributed by atoms with Gasteiger partial charge >= 0.3 is 5.97 Å². The minimum Gasteiger partial charge on any atom is -0.460 e. The van der Waals surface area contributed by atoms with Crippen molar-refractivity contribution in [1.82, 2.24) is 5.32 Å². The van der Waals surface area contributed by atoms with Gasteiger partial charge in [0, 0.05) is 39.1 Å². The van der Waals surface area contributed by atoms with Crippen molar-refractivity contribution >= 4 is 34.4 Å². The number of rotatable bonds is 4. The maximum absolute atomic E-state index is 13.3. The van der Waals surface area contributed by atoms with E-state index < -0.39 is 0 Å². The van der Waals surface area contributed by atoms with Gasteiger partial charge in [-0.1, -0.05) is 12.1 Å². The zero-order valence-corrected chi connectivity index (χ0v) is 17.8. The van der Waals surface area contributed by atoms with E-state index in [1.807, 2.05) is 44.4 Å². The number of hydrogen-bond acceptors (Lipinski definition) is 6. The molecule has 0 radical (unpaired) electrons. The maximum Gasteiger partial charge on any atom is 0.337 e. The number of ether oxygens (including phenoxy) is 1. The molecule has 2 aliphatic rings. The minimum atomic E-state index is -0.349. The number of carbonyl (C=O) groups is 2. The van der Waals surface area contributed by atoms with Gasteiger partial charge in [-0.3, -0.25) is 4.79 Å². The van der Waals surface area contributed by atoms with Crippen molar-refractivity contribution < 1.29 is 14.3 Å². The van der Waals surface area contributed by atoms with Gasteiger partial charge in [-0.15, -0.1) is 22.7 Å². The molecule has 2 atom stereocenters. The van der Waals surface area contributed by atoms with Gasteiger partial charge in [-0.05, 0) is 50.1 Å². The lowest BCUT2D eigenvalue weighted by Gasteiger charge is -2.36. The molecule has 28 heavy (non-hydrogen) atoms. The fraction of sp³-hybridized carbons (Fsp3) is 0.364.